The molecule has 0 atom stereocenters. The molecule has 1 rings (SSSR count). The Hall–Kier alpha value is -1.30. The molecule has 0 saturated heterocycles. The minimum absolute atomic E-state index is 0. The summed E-state index contributed by atoms with van der Waals surface area (Å²) in [6.45, 7) is 2.83. The largest absolute Gasteiger partial charge is 0.494 e. The molecule has 1 amide bonds. The third kappa shape index (κ3) is 9.61. The lowest BCUT2D eigenvalue weighted by Crippen LogP contribution is -2.35. The molecule has 0 radical (unpaired) electrons. The van der Waals surface area contributed by atoms with Gasteiger partial charge < -0.3 is 20.1 Å². The fraction of sp³-hybridized carbons (Fsp3) is 0.500. The number of para-hydroxylation sites is 1. The number of amides is 1. The lowest BCUT2D eigenvalue weighted by atomic mass is 10.3. The first kappa shape index (κ1) is 18.7. The van der Waals surface area contributed by atoms with Gasteiger partial charge in [-0.15, -0.1) is 12.4 Å². The van der Waals surface area contributed by atoms with Crippen molar-refractivity contribution in [2.75, 3.05) is 40.0 Å². The van der Waals surface area contributed by atoms with Gasteiger partial charge in [0.2, 0.25) is 5.91 Å². The Balaban J connectivity index is 0.00000361. The Morgan fingerprint density at radius 1 is 1.15 bits per heavy atom. The van der Waals surface area contributed by atoms with E-state index in [9.17, 15) is 4.79 Å². The molecule has 0 aliphatic carbocycles. The molecule has 0 aromatic heterocycles. The molecule has 20 heavy (non-hydrogen) atoms. The molecule has 0 aliphatic rings. The van der Waals surface area contributed by atoms with Gasteiger partial charge >= 0.3 is 0 Å². The van der Waals surface area contributed by atoms with E-state index in [1.165, 1.54) is 0 Å². The van der Waals surface area contributed by atoms with E-state index in [-0.39, 0.29) is 18.3 Å². The fourth-order valence-corrected chi connectivity index (χ4v) is 1.45. The summed E-state index contributed by atoms with van der Waals surface area (Å²) in [6, 6.07) is 9.64. The van der Waals surface area contributed by atoms with Gasteiger partial charge in [0.05, 0.1) is 19.8 Å². The Morgan fingerprint density at radius 3 is 2.60 bits per heavy atom. The van der Waals surface area contributed by atoms with E-state index in [2.05, 4.69) is 10.6 Å². The van der Waals surface area contributed by atoms with Crippen molar-refractivity contribution < 1.29 is 14.3 Å². The maximum absolute atomic E-state index is 11.4. The van der Waals surface area contributed by atoms with Gasteiger partial charge in [0, 0.05) is 20.2 Å². The van der Waals surface area contributed by atoms with Gasteiger partial charge in [0.15, 0.2) is 0 Å². The number of benzene rings is 1. The second kappa shape index (κ2) is 12.7. The summed E-state index contributed by atoms with van der Waals surface area (Å²) in [7, 11) is 1.63. The SMILES string of the molecule is COCCNCC(=O)NCCCOc1ccccc1.Cl. The summed E-state index contributed by atoms with van der Waals surface area (Å²) < 4.78 is 10.4. The van der Waals surface area contributed by atoms with Crippen molar-refractivity contribution >= 4 is 18.3 Å². The normalized spacial score (nSPS) is 9.65. The number of rotatable bonds is 10. The highest BCUT2D eigenvalue weighted by Gasteiger charge is 1.99. The van der Waals surface area contributed by atoms with Crippen molar-refractivity contribution in [2.45, 2.75) is 6.42 Å². The van der Waals surface area contributed by atoms with Crippen LogP contribution in [0.25, 0.3) is 0 Å². The third-order valence-corrected chi connectivity index (χ3v) is 2.42. The number of hydrogen-bond acceptors (Lipinski definition) is 4. The van der Waals surface area contributed by atoms with Crippen LogP contribution in [0.2, 0.25) is 0 Å². The molecule has 0 fully saturated rings. The summed E-state index contributed by atoms with van der Waals surface area (Å²) in [5.74, 6) is 0.853. The Morgan fingerprint density at radius 2 is 1.90 bits per heavy atom. The molecule has 0 heterocycles. The van der Waals surface area contributed by atoms with Crippen LogP contribution in [-0.2, 0) is 9.53 Å². The van der Waals surface area contributed by atoms with Gasteiger partial charge in [-0.25, -0.2) is 0 Å². The van der Waals surface area contributed by atoms with Gasteiger partial charge in [-0.3, -0.25) is 4.79 Å². The molecule has 0 bridgehead atoms. The molecule has 114 valence electrons. The highest BCUT2D eigenvalue weighted by Crippen LogP contribution is 2.07. The Bertz CT molecular complexity index is 350. The van der Waals surface area contributed by atoms with Crippen LogP contribution in [0, 0.1) is 0 Å². The maximum Gasteiger partial charge on any atom is 0.233 e. The molecule has 1 aromatic rings. The van der Waals surface area contributed by atoms with Crippen LogP contribution in [0.15, 0.2) is 30.3 Å². The van der Waals surface area contributed by atoms with E-state index in [4.69, 9.17) is 9.47 Å². The molecular formula is C14H23ClN2O3. The number of ether oxygens (including phenoxy) is 2. The van der Waals surface area contributed by atoms with E-state index in [1.54, 1.807) is 7.11 Å². The Labute approximate surface area is 126 Å². The number of carbonyl (C=O) groups is 1. The van der Waals surface area contributed by atoms with Crippen LogP contribution in [-0.4, -0.2) is 45.9 Å². The summed E-state index contributed by atoms with van der Waals surface area (Å²) in [4.78, 5) is 11.4. The van der Waals surface area contributed by atoms with Gasteiger partial charge in [-0.05, 0) is 18.6 Å². The smallest absolute Gasteiger partial charge is 0.233 e. The van der Waals surface area contributed by atoms with Crippen molar-refractivity contribution in [1.82, 2.24) is 10.6 Å². The molecule has 2 N–H and O–H groups in total. The van der Waals surface area contributed by atoms with E-state index >= 15 is 0 Å². The highest BCUT2D eigenvalue weighted by molar-refractivity contribution is 5.85. The van der Waals surface area contributed by atoms with Gasteiger partial charge in [-0.1, -0.05) is 18.2 Å². The van der Waals surface area contributed by atoms with E-state index in [1.807, 2.05) is 30.3 Å². The third-order valence-electron chi connectivity index (χ3n) is 2.42. The zero-order chi connectivity index (χ0) is 13.8. The number of nitrogens with one attached hydrogen (secondary N) is 2. The molecule has 5 nitrogen and oxygen atoms in total. The number of halogens is 1. The second-order valence-electron chi connectivity index (χ2n) is 4.03. The fourth-order valence-electron chi connectivity index (χ4n) is 1.45. The highest BCUT2D eigenvalue weighted by atomic mass is 35.5. The van der Waals surface area contributed by atoms with Gasteiger partial charge in [-0.2, -0.15) is 0 Å². The van der Waals surface area contributed by atoms with Gasteiger partial charge in [0.1, 0.15) is 5.75 Å². The van der Waals surface area contributed by atoms with Crippen LogP contribution in [0.5, 0.6) is 5.75 Å². The Kier molecular flexibility index (Phi) is 11.9. The standard InChI is InChI=1S/C14H22N2O3.ClH/c1-18-11-9-15-12-14(17)16-8-5-10-19-13-6-3-2-4-7-13;/h2-4,6-7,15H,5,8-12H2,1H3,(H,16,17);1H. The second-order valence-corrected chi connectivity index (χ2v) is 4.03. The van der Waals surface area contributed by atoms with Crippen molar-refractivity contribution in [3.05, 3.63) is 30.3 Å². The number of carbonyl (C=O) groups excluding carboxylic acids is 1. The van der Waals surface area contributed by atoms with E-state index < -0.39 is 0 Å². The van der Waals surface area contributed by atoms with E-state index in [0.717, 1.165) is 12.2 Å². The first-order valence-corrected chi connectivity index (χ1v) is 6.47. The predicted molar refractivity (Wildman–Crippen MR) is 81.6 cm³/mol. The number of hydrogen-bond donors (Lipinski definition) is 2. The lowest BCUT2D eigenvalue weighted by Gasteiger charge is -2.08. The topological polar surface area (TPSA) is 59.6 Å². The summed E-state index contributed by atoms with van der Waals surface area (Å²) in [5.41, 5.74) is 0. The van der Waals surface area contributed by atoms with Crippen LogP contribution in [0.1, 0.15) is 6.42 Å². The molecular weight excluding hydrogens is 280 g/mol. The molecule has 6 heteroatoms. The minimum Gasteiger partial charge on any atom is -0.494 e. The first-order chi connectivity index (χ1) is 9.33. The zero-order valence-electron chi connectivity index (χ0n) is 11.8. The van der Waals surface area contributed by atoms with Crippen molar-refractivity contribution in [1.29, 1.82) is 0 Å². The monoisotopic (exact) mass is 302 g/mol. The molecule has 0 saturated carbocycles. The van der Waals surface area contributed by atoms with E-state index in [0.29, 0.717) is 32.8 Å². The summed E-state index contributed by atoms with van der Waals surface area (Å²) >= 11 is 0. The average molecular weight is 303 g/mol. The van der Waals surface area contributed by atoms with Gasteiger partial charge in [0.25, 0.3) is 0 Å². The average Bonchev–Trinajstić information content (AvgIpc) is 2.44. The molecule has 1 aromatic carbocycles. The van der Waals surface area contributed by atoms with Crippen LogP contribution >= 0.6 is 12.4 Å². The number of methoxy groups -OCH3 is 1. The van der Waals surface area contributed by atoms with Crippen molar-refractivity contribution in [2.24, 2.45) is 0 Å². The van der Waals surface area contributed by atoms with Crippen molar-refractivity contribution in [3.8, 4) is 5.75 Å². The molecule has 0 spiro atoms. The van der Waals surface area contributed by atoms with Crippen LogP contribution < -0.4 is 15.4 Å². The predicted octanol–water partition coefficient (Wildman–Crippen LogP) is 1.23. The summed E-state index contributed by atoms with van der Waals surface area (Å²) in [6.07, 6.45) is 0.790. The molecule has 0 unspecified atom stereocenters. The quantitative estimate of drug-likeness (QED) is 0.638. The van der Waals surface area contributed by atoms with Crippen LogP contribution in [0.4, 0.5) is 0 Å². The summed E-state index contributed by atoms with van der Waals surface area (Å²) in [5, 5.41) is 5.81. The first-order valence-electron chi connectivity index (χ1n) is 6.47. The lowest BCUT2D eigenvalue weighted by molar-refractivity contribution is -0.120. The van der Waals surface area contributed by atoms with Crippen LogP contribution in [0.3, 0.4) is 0 Å². The maximum atomic E-state index is 11.4. The van der Waals surface area contributed by atoms with Crippen molar-refractivity contribution in [3.63, 3.8) is 0 Å². The molecule has 0 aliphatic heterocycles. The zero-order valence-corrected chi connectivity index (χ0v) is 12.6. The minimum atomic E-state index is -0.00388.